The molecule has 3 amide bonds. The van der Waals surface area contributed by atoms with Crippen molar-refractivity contribution in [2.24, 2.45) is 5.92 Å². The summed E-state index contributed by atoms with van der Waals surface area (Å²) in [6.07, 6.45) is 0. The number of thiazole rings is 1. The lowest BCUT2D eigenvalue weighted by Crippen LogP contribution is -2.33. The molecule has 1 aromatic heterocycles. The Kier molecular flexibility index (Phi) is 7.66. The summed E-state index contributed by atoms with van der Waals surface area (Å²) in [5.74, 6) is -2.73. The predicted molar refractivity (Wildman–Crippen MR) is 179 cm³/mol. The van der Waals surface area contributed by atoms with Crippen LogP contribution in [0.15, 0.2) is 99.2 Å². The zero-order valence-corrected chi connectivity index (χ0v) is 27.2. The molecule has 7 nitrogen and oxygen atoms in total. The Morgan fingerprint density at radius 2 is 1.64 bits per heavy atom. The highest BCUT2D eigenvalue weighted by Crippen LogP contribution is 2.55. The molecule has 3 heterocycles. The molecule has 7 rings (SSSR count). The molecule has 0 bridgehead atoms. The van der Waals surface area contributed by atoms with Crippen LogP contribution >= 0.6 is 62.2 Å². The van der Waals surface area contributed by atoms with E-state index in [1.165, 1.54) is 9.47 Å². The Hall–Kier alpha value is -3.41. The summed E-state index contributed by atoms with van der Waals surface area (Å²) in [7, 11) is 0. The molecule has 4 aromatic carbocycles. The van der Waals surface area contributed by atoms with Crippen LogP contribution in [0.5, 0.6) is 0 Å². The largest absolute Gasteiger partial charge is 0.325 e. The average molecular weight is 725 g/mol. The number of anilines is 2. The van der Waals surface area contributed by atoms with Gasteiger partial charge in [0.2, 0.25) is 17.7 Å². The van der Waals surface area contributed by atoms with Crippen molar-refractivity contribution in [3.05, 3.63) is 120 Å². The van der Waals surface area contributed by atoms with Gasteiger partial charge in [-0.05, 0) is 58.8 Å². The van der Waals surface area contributed by atoms with Gasteiger partial charge in [0, 0.05) is 21.0 Å². The van der Waals surface area contributed by atoms with Crippen molar-refractivity contribution in [2.45, 2.75) is 22.7 Å². The van der Waals surface area contributed by atoms with E-state index < -0.39 is 28.9 Å². The third kappa shape index (κ3) is 4.98. The monoisotopic (exact) mass is 723 g/mol. The molecule has 1 saturated heterocycles. The minimum atomic E-state index is -0.845. The van der Waals surface area contributed by atoms with E-state index in [2.05, 4.69) is 21.2 Å². The highest BCUT2D eigenvalue weighted by atomic mass is 79.9. The first-order valence-electron chi connectivity index (χ1n) is 13.5. The fourth-order valence-electron chi connectivity index (χ4n) is 5.81. The Morgan fingerprint density at radius 1 is 0.886 bits per heavy atom. The summed E-state index contributed by atoms with van der Waals surface area (Å²) in [4.78, 5) is 56.1. The van der Waals surface area contributed by atoms with Crippen LogP contribution in [0.1, 0.15) is 16.4 Å². The van der Waals surface area contributed by atoms with Gasteiger partial charge < -0.3 is 5.32 Å². The molecule has 1 N–H and O–H groups in total. The SMILES string of the molecule is O=C(Cn1c2c(sc1=O)C(c1cccc(Cl)c1Cl)C1C(=O)N(c3ccc(Br)cc3)C(=O)C1S2)Nc1ccc2ccccc2c1. The van der Waals surface area contributed by atoms with Gasteiger partial charge in [-0.2, -0.15) is 0 Å². The predicted octanol–water partition coefficient (Wildman–Crippen LogP) is 7.57. The number of aromatic nitrogens is 1. The molecule has 1 fully saturated rings. The number of halogens is 3. The quantitative estimate of drug-likeness (QED) is 0.189. The second kappa shape index (κ2) is 11.5. The number of hydrogen-bond acceptors (Lipinski definition) is 6. The van der Waals surface area contributed by atoms with Crippen LogP contribution in [0.3, 0.4) is 0 Å². The summed E-state index contributed by atoms with van der Waals surface area (Å²) in [6, 6.07) is 25.5. The van der Waals surface area contributed by atoms with Crippen LogP contribution < -0.4 is 15.1 Å². The average Bonchev–Trinajstić information content (AvgIpc) is 3.45. The Morgan fingerprint density at radius 3 is 2.41 bits per heavy atom. The molecule has 44 heavy (non-hydrogen) atoms. The molecule has 2 aliphatic heterocycles. The van der Waals surface area contributed by atoms with Gasteiger partial charge in [0.15, 0.2) is 0 Å². The number of nitrogens with one attached hydrogen (secondary N) is 1. The van der Waals surface area contributed by atoms with Gasteiger partial charge in [-0.15, -0.1) is 0 Å². The number of nitrogens with zero attached hydrogens (tertiary/aromatic N) is 2. The van der Waals surface area contributed by atoms with E-state index in [1.54, 1.807) is 42.5 Å². The van der Waals surface area contributed by atoms with E-state index in [0.717, 1.165) is 38.3 Å². The third-order valence-corrected chi connectivity index (χ3v) is 11.8. The lowest BCUT2D eigenvalue weighted by atomic mass is 9.83. The van der Waals surface area contributed by atoms with Gasteiger partial charge in [0.25, 0.3) is 0 Å². The van der Waals surface area contributed by atoms with E-state index in [-0.39, 0.29) is 22.3 Å². The number of thioether (sulfide) groups is 1. The number of amides is 3. The molecule has 12 heteroatoms. The van der Waals surface area contributed by atoms with Crippen LogP contribution in [0.25, 0.3) is 10.8 Å². The van der Waals surface area contributed by atoms with E-state index in [1.807, 2.05) is 42.5 Å². The lowest BCUT2D eigenvalue weighted by Gasteiger charge is -2.31. The summed E-state index contributed by atoms with van der Waals surface area (Å²) >= 11 is 18.6. The number of carbonyl (C=O) groups is 3. The van der Waals surface area contributed by atoms with Crippen molar-refractivity contribution in [3.63, 3.8) is 0 Å². The number of carbonyl (C=O) groups excluding carboxylic acids is 3. The van der Waals surface area contributed by atoms with Gasteiger partial charge in [0.1, 0.15) is 11.8 Å². The van der Waals surface area contributed by atoms with Gasteiger partial charge in [0.05, 0.1) is 26.7 Å². The van der Waals surface area contributed by atoms with Crippen molar-refractivity contribution in [1.29, 1.82) is 0 Å². The Labute approximate surface area is 277 Å². The molecular formula is C32H20BrCl2N3O4S2. The van der Waals surface area contributed by atoms with Crippen LogP contribution in [-0.2, 0) is 20.9 Å². The van der Waals surface area contributed by atoms with Crippen molar-refractivity contribution in [1.82, 2.24) is 4.57 Å². The van der Waals surface area contributed by atoms with Crippen LogP contribution in [0.4, 0.5) is 11.4 Å². The molecule has 0 radical (unpaired) electrons. The second-order valence-corrected chi connectivity index (χ2v) is 14.2. The summed E-state index contributed by atoms with van der Waals surface area (Å²) in [6.45, 7) is -0.267. The molecule has 2 aliphatic rings. The van der Waals surface area contributed by atoms with Gasteiger partial charge in [-0.25, -0.2) is 4.90 Å². The highest BCUT2D eigenvalue weighted by Gasteiger charge is 2.57. The molecule has 0 saturated carbocycles. The van der Waals surface area contributed by atoms with Gasteiger partial charge in [-0.3, -0.25) is 23.7 Å². The molecule has 220 valence electrons. The molecule has 0 aliphatic carbocycles. The first-order valence-corrected chi connectivity index (χ1v) is 16.7. The lowest BCUT2D eigenvalue weighted by molar-refractivity contribution is -0.122. The highest BCUT2D eigenvalue weighted by molar-refractivity contribution is 9.10. The molecule has 0 spiro atoms. The van der Waals surface area contributed by atoms with Crippen molar-refractivity contribution >= 4 is 102 Å². The number of benzene rings is 4. The Balaban J connectivity index is 1.28. The van der Waals surface area contributed by atoms with Gasteiger partial charge >= 0.3 is 4.87 Å². The number of fused-ring (bicyclic) bond motifs is 3. The van der Waals surface area contributed by atoms with E-state index in [9.17, 15) is 19.2 Å². The molecule has 3 unspecified atom stereocenters. The smallest absolute Gasteiger partial charge is 0.308 e. The maximum Gasteiger partial charge on any atom is 0.308 e. The van der Waals surface area contributed by atoms with Crippen molar-refractivity contribution in [2.75, 3.05) is 10.2 Å². The zero-order chi connectivity index (χ0) is 30.7. The second-order valence-electron chi connectivity index (χ2n) is 10.4. The zero-order valence-electron chi connectivity index (χ0n) is 22.5. The number of rotatable bonds is 5. The van der Waals surface area contributed by atoms with Crippen molar-refractivity contribution in [3.8, 4) is 0 Å². The van der Waals surface area contributed by atoms with Crippen LogP contribution in [0, 0.1) is 5.92 Å². The fraction of sp³-hybridized carbons (Fsp3) is 0.125. The topological polar surface area (TPSA) is 88.5 Å². The maximum atomic E-state index is 14.1. The summed E-state index contributed by atoms with van der Waals surface area (Å²) < 4.78 is 2.19. The van der Waals surface area contributed by atoms with Crippen molar-refractivity contribution < 1.29 is 14.4 Å². The minimum Gasteiger partial charge on any atom is -0.325 e. The molecule has 5 aromatic rings. The summed E-state index contributed by atoms with van der Waals surface area (Å²) in [5, 5.41) is 5.06. The van der Waals surface area contributed by atoms with Gasteiger partial charge in [-0.1, -0.05) is 105 Å². The van der Waals surface area contributed by atoms with Crippen LogP contribution in [0.2, 0.25) is 10.0 Å². The Bertz CT molecular complexity index is 2060. The van der Waals surface area contributed by atoms with E-state index >= 15 is 0 Å². The number of imide groups is 1. The summed E-state index contributed by atoms with van der Waals surface area (Å²) in [5.41, 5.74) is 1.59. The normalized spacial score (nSPS) is 19.2. The molecular weight excluding hydrogens is 705 g/mol. The van der Waals surface area contributed by atoms with E-state index in [4.69, 9.17) is 23.2 Å². The maximum absolute atomic E-state index is 14.1. The standard InChI is InChI=1S/C32H20BrCl2N3O4S2/c33-18-9-12-20(13-10-18)38-29(40)25-24(21-6-3-7-22(34)26(21)35)28-31(43-27(25)30(38)41)37(32(42)44-28)15-23(39)36-19-11-8-16-4-1-2-5-17(16)14-19/h1-14,24-25,27H,15H2,(H,36,39). The minimum absolute atomic E-state index is 0.250. The number of hydrogen-bond donors (Lipinski definition) is 1. The first-order chi connectivity index (χ1) is 21.2. The third-order valence-electron chi connectivity index (χ3n) is 7.79. The van der Waals surface area contributed by atoms with E-state index in [0.29, 0.717) is 31.9 Å². The fourth-order valence-corrected chi connectivity index (χ4v) is 9.26. The first kappa shape index (κ1) is 29.3. The van der Waals surface area contributed by atoms with Crippen LogP contribution in [-0.4, -0.2) is 27.5 Å². The molecule has 3 atom stereocenters.